The molecule has 0 aliphatic carbocycles. The van der Waals surface area contributed by atoms with Gasteiger partial charge in [-0.1, -0.05) is 56.8 Å². The molecule has 1 heterocycles. The largest absolute Gasteiger partial charge is 0.466 e. The van der Waals surface area contributed by atoms with E-state index >= 15 is 0 Å². The Morgan fingerprint density at radius 1 is 1.45 bits per heavy atom. The summed E-state index contributed by atoms with van der Waals surface area (Å²) >= 11 is 5.45. The lowest BCUT2D eigenvalue weighted by Crippen LogP contribution is -2.44. The highest BCUT2D eigenvalue weighted by atomic mass is 32.1. The van der Waals surface area contributed by atoms with Crippen LogP contribution in [0.5, 0.6) is 0 Å². The highest BCUT2D eigenvalue weighted by Crippen LogP contribution is 2.32. The molecule has 20 heavy (non-hydrogen) atoms. The standard InChI is InChI=1S/C16H19NO2S/c1-4-10(2)15-13(9-14(18)19-3)11-7-5-6-8-12(11)16(20)17-15/h5-10,15H,4H2,1-3H3,(H,17,20)/t10-,15-/m0/s1. The zero-order valence-corrected chi connectivity index (χ0v) is 12.8. The van der Waals surface area contributed by atoms with E-state index in [1.165, 1.54) is 7.11 Å². The monoisotopic (exact) mass is 289 g/mol. The Hall–Kier alpha value is -1.68. The first-order valence-corrected chi connectivity index (χ1v) is 7.19. The maximum Gasteiger partial charge on any atom is 0.330 e. The number of fused-ring (bicyclic) bond motifs is 1. The molecule has 1 aromatic carbocycles. The van der Waals surface area contributed by atoms with Crippen LogP contribution in [0.3, 0.4) is 0 Å². The highest BCUT2D eigenvalue weighted by Gasteiger charge is 2.30. The zero-order chi connectivity index (χ0) is 14.7. The molecule has 2 rings (SSSR count). The van der Waals surface area contributed by atoms with Gasteiger partial charge in [-0.2, -0.15) is 0 Å². The number of nitrogens with one attached hydrogen (secondary N) is 1. The van der Waals surface area contributed by atoms with Crippen LogP contribution in [0.15, 0.2) is 30.3 Å². The highest BCUT2D eigenvalue weighted by molar-refractivity contribution is 7.80. The molecule has 106 valence electrons. The van der Waals surface area contributed by atoms with Crippen molar-refractivity contribution in [3.63, 3.8) is 0 Å². The lowest BCUT2D eigenvalue weighted by atomic mass is 9.83. The molecule has 0 saturated carbocycles. The van der Waals surface area contributed by atoms with Gasteiger partial charge in [0.2, 0.25) is 0 Å². The smallest absolute Gasteiger partial charge is 0.330 e. The number of benzene rings is 1. The summed E-state index contributed by atoms with van der Waals surface area (Å²) in [6, 6.07) is 7.94. The average Bonchev–Trinajstić information content (AvgIpc) is 2.48. The van der Waals surface area contributed by atoms with Crippen LogP contribution in [0.1, 0.15) is 31.4 Å². The molecule has 0 fully saturated rings. The molecule has 0 radical (unpaired) electrons. The van der Waals surface area contributed by atoms with Gasteiger partial charge in [-0.05, 0) is 17.1 Å². The molecular formula is C16H19NO2S. The number of esters is 1. The molecule has 2 atom stereocenters. The fraction of sp³-hybridized carbons (Fsp3) is 0.375. The Balaban J connectivity index is 2.55. The molecule has 0 unspecified atom stereocenters. The van der Waals surface area contributed by atoms with Crippen LogP contribution in [-0.4, -0.2) is 24.1 Å². The quantitative estimate of drug-likeness (QED) is 0.527. The van der Waals surface area contributed by atoms with Gasteiger partial charge in [0.05, 0.1) is 13.2 Å². The summed E-state index contributed by atoms with van der Waals surface area (Å²) in [5.74, 6) is 0.0370. The number of hydrogen-bond acceptors (Lipinski definition) is 3. The van der Waals surface area contributed by atoms with E-state index in [2.05, 4.69) is 19.2 Å². The topological polar surface area (TPSA) is 38.3 Å². The van der Waals surface area contributed by atoms with Crippen molar-refractivity contribution in [3.8, 4) is 0 Å². The number of hydrogen-bond donors (Lipinski definition) is 1. The Morgan fingerprint density at radius 3 is 2.70 bits per heavy atom. The minimum atomic E-state index is -0.335. The van der Waals surface area contributed by atoms with Gasteiger partial charge in [0.1, 0.15) is 4.99 Å². The van der Waals surface area contributed by atoms with E-state index in [0.29, 0.717) is 5.92 Å². The molecule has 1 aliphatic heterocycles. The van der Waals surface area contributed by atoms with Crippen molar-refractivity contribution in [2.45, 2.75) is 26.3 Å². The van der Waals surface area contributed by atoms with Gasteiger partial charge in [0.25, 0.3) is 0 Å². The summed E-state index contributed by atoms with van der Waals surface area (Å²) in [7, 11) is 1.39. The lowest BCUT2D eigenvalue weighted by Gasteiger charge is -2.34. The predicted octanol–water partition coefficient (Wildman–Crippen LogP) is 2.94. The lowest BCUT2D eigenvalue weighted by molar-refractivity contribution is -0.134. The minimum absolute atomic E-state index is 0.0431. The summed E-state index contributed by atoms with van der Waals surface area (Å²) in [6.07, 6.45) is 2.57. The van der Waals surface area contributed by atoms with Gasteiger partial charge in [-0.3, -0.25) is 0 Å². The predicted molar refractivity (Wildman–Crippen MR) is 84.5 cm³/mol. The van der Waals surface area contributed by atoms with E-state index in [4.69, 9.17) is 17.0 Å². The first-order chi connectivity index (χ1) is 9.58. The molecular weight excluding hydrogens is 270 g/mol. The maximum absolute atomic E-state index is 11.7. The van der Waals surface area contributed by atoms with Crippen molar-refractivity contribution in [1.82, 2.24) is 5.32 Å². The van der Waals surface area contributed by atoms with E-state index in [1.807, 2.05) is 24.3 Å². The fourth-order valence-corrected chi connectivity index (χ4v) is 2.74. The van der Waals surface area contributed by atoms with E-state index in [0.717, 1.165) is 28.1 Å². The molecule has 4 heteroatoms. The number of rotatable bonds is 3. The molecule has 3 nitrogen and oxygen atoms in total. The van der Waals surface area contributed by atoms with E-state index < -0.39 is 0 Å². The summed E-state index contributed by atoms with van der Waals surface area (Å²) < 4.78 is 4.78. The Bertz CT molecular complexity index is 565. The van der Waals surface area contributed by atoms with Crippen molar-refractivity contribution < 1.29 is 9.53 Å². The second-order valence-electron chi connectivity index (χ2n) is 5.01. The van der Waals surface area contributed by atoms with Crippen molar-refractivity contribution in [1.29, 1.82) is 0 Å². The first-order valence-electron chi connectivity index (χ1n) is 6.78. The third-order valence-electron chi connectivity index (χ3n) is 3.79. The number of ether oxygens (including phenoxy) is 1. The second kappa shape index (κ2) is 6.18. The van der Waals surface area contributed by atoms with Gasteiger partial charge >= 0.3 is 5.97 Å². The van der Waals surface area contributed by atoms with Crippen molar-refractivity contribution in [2.75, 3.05) is 7.11 Å². The summed E-state index contributed by atoms with van der Waals surface area (Å²) in [6.45, 7) is 4.28. The Labute approximate surface area is 125 Å². The summed E-state index contributed by atoms with van der Waals surface area (Å²) in [4.78, 5) is 12.4. The molecule has 1 aliphatic rings. The Kier molecular flexibility index (Phi) is 4.55. The molecule has 1 N–H and O–H groups in total. The SMILES string of the molecule is CC[C@H](C)[C@@H]1NC(=S)c2ccccc2C1=CC(=O)OC. The number of carbonyl (C=O) groups excluding carboxylic acids is 1. The molecule has 0 saturated heterocycles. The van der Waals surface area contributed by atoms with Gasteiger partial charge in [0, 0.05) is 11.6 Å². The number of carbonyl (C=O) groups is 1. The van der Waals surface area contributed by atoms with Crippen LogP contribution in [0.4, 0.5) is 0 Å². The molecule has 0 spiro atoms. The number of methoxy groups -OCH3 is 1. The van der Waals surface area contributed by atoms with Crippen LogP contribution >= 0.6 is 12.2 Å². The minimum Gasteiger partial charge on any atom is -0.466 e. The summed E-state index contributed by atoms with van der Waals surface area (Å²) in [5.41, 5.74) is 2.94. The Morgan fingerprint density at radius 2 is 2.10 bits per heavy atom. The zero-order valence-electron chi connectivity index (χ0n) is 12.0. The molecule has 0 aromatic heterocycles. The van der Waals surface area contributed by atoms with Crippen LogP contribution in [0.2, 0.25) is 0 Å². The van der Waals surface area contributed by atoms with Crippen molar-refractivity contribution in [2.24, 2.45) is 5.92 Å². The number of thiocarbonyl (C=S) groups is 1. The van der Waals surface area contributed by atoms with Gasteiger partial charge in [-0.15, -0.1) is 0 Å². The van der Waals surface area contributed by atoms with Gasteiger partial charge in [-0.25, -0.2) is 4.79 Å². The second-order valence-corrected chi connectivity index (χ2v) is 5.41. The van der Waals surface area contributed by atoms with E-state index in [1.54, 1.807) is 6.08 Å². The summed E-state index contributed by atoms with van der Waals surface area (Å²) in [5, 5.41) is 3.36. The molecule has 0 amide bonds. The van der Waals surface area contributed by atoms with Crippen LogP contribution < -0.4 is 5.32 Å². The van der Waals surface area contributed by atoms with Gasteiger partial charge in [0.15, 0.2) is 0 Å². The normalized spacial score (nSPS) is 21.1. The third-order valence-corrected chi connectivity index (χ3v) is 4.13. The molecule has 1 aromatic rings. The first kappa shape index (κ1) is 14.7. The van der Waals surface area contributed by atoms with Crippen molar-refractivity contribution in [3.05, 3.63) is 41.5 Å². The average molecular weight is 289 g/mol. The van der Waals surface area contributed by atoms with Crippen LogP contribution in [-0.2, 0) is 9.53 Å². The maximum atomic E-state index is 11.7. The third kappa shape index (κ3) is 2.75. The molecule has 0 bridgehead atoms. The van der Waals surface area contributed by atoms with Gasteiger partial charge < -0.3 is 10.1 Å². The fourth-order valence-electron chi connectivity index (χ4n) is 2.44. The van der Waals surface area contributed by atoms with Crippen LogP contribution in [0.25, 0.3) is 5.57 Å². The van der Waals surface area contributed by atoms with E-state index in [-0.39, 0.29) is 12.0 Å². The van der Waals surface area contributed by atoms with Crippen molar-refractivity contribution >= 4 is 28.7 Å². The van der Waals surface area contributed by atoms with Crippen LogP contribution in [0, 0.1) is 5.92 Å². The van der Waals surface area contributed by atoms with E-state index in [9.17, 15) is 4.79 Å².